The van der Waals surface area contributed by atoms with Gasteiger partial charge in [-0.1, -0.05) is 0 Å². The first kappa shape index (κ1) is 8.82. The lowest BCUT2D eigenvalue weighted by molar-refractivity contribution is 0.731. The summed E-state index contributed by atoms with van der Waals surface area (Å²) in [4.78, 5) is 0. The fraction of sp³-hybridized carbons (Fsp3) is 0.429. The SMILES string of the molecule is CNCCNc1ccc2nnnn2n1. The standard InChI is InChI=1S/C7H11N7/c1-8-4-5-9-6-2-3-7-10-12-13-14(7)11-6/h2-3,8H,4-5H2,1H3,(H,9,11). The van der Waals surface area contributed by atoms with Gasteiger partial charge in [0.1, 0.15) is 5.82 Å². The van der Waals surface area contributed by atoms with Gasteiger partial charge in [0.25, 0.3) is 0 Å². The third kappa shape index (κ3) is 1.77. The summed E-state index contributed by atoms with van der Waals surface area (Å²) in [5, 5.41) is 21.3. The van der Waals surface area contributed by atoms with E-state index in [4.69, 9.17) is 0 Å². The van der Waals surface area contributed by atoms with E-state index >= 15 is 0 Å². The maximum Gasteiger partial charge on any atom is 0.200 e. The molecule has 0 unspecified atom stereocenters. The smallest absolute Gasteiger partial charge is 0.200 e. The number of fused-ring (bicyclic) bond motifs is 1. The number of hydrogen-bond acceptors (Lipinski definition) is 6. The fourth-order valence-electron chi connectivity index (χ4n) is 1.06. The molecule has 0 saturated carbocycles. The summed E-state index contributed by atoms with van der Waals surface area (Å²) in [6, 6.07) is 3.66. The normalized spacial score (nSPS) is 10.6. The van der Waals surface area contributed by atoms with Gasteiger partial charge in [-0.25, -0.2) is 0 Å². The highest BCUT2D eigenvalue weighted by molar-refractivity contribution is 5.41. The number of rotatable bonds is 4. The topological polar surface area (TPSA) is 80.0 Å². The van der Waals surface area contributed by atoms with E-state index in [2.05, 4.69) is 31.3 Å². The van der Waals surface area contributed by atoms with Crippen molar-refractivity contribution in [3.05, 3.63) is 12.1 Å². The number of likely N-dealkylation sites (N-methyl/N-ethyl adjacent to an activating group) is 1. The summed E-state index contributed by atoms with van der Waals surface area (Å²) < 4.78 is 1.39. The molecule has 0 saturated heterocycles. The molecule has 7 heteroatoms. The van der Waals surface area contributed by atoms with E-state index in [1.165, 1.54) is 4.63 Å². The van der Waals surface area contributed by atoms with Crippen molar-refractivity contribution in [3.63, 3.8) is 0 Å². The van der Waals surface area contributed by atoms with Crippen molar-refractivity contribution in [3.8, 4) is 0 Å². The van der Waals surface area contributed by atoms with Crippen LogP contribution in [-0.4, -0.2) is 45.4 Å². The molecule has 0 amide bonds. The molecular weight excluding hydrogens is 182 g/mol. The molecule has 0 spiro atoms. The Morgan fingerprint density at radius 3 is 3.14 bits per heavy atom. The highest BCUT2D eigenvalue weighted by Crippen LogP contribution is 2.01. The Bertz CT molecular complexity index is 409. The van der Waals surface area contributed by atoms with Crippen LogP contribution in [0.4, 0.5) is 5.82 Å². The van der Waals surface area contributed by atoms with Gasteiger partial charge >= 0.3 is 0 Å². The predicted molar refractivity (Wildman–Crippen MR) is 51.0 cm³/mol. The van der Waals surface area contributed by atoms with E-state index in [9.17, 15) is 0 Å². The van der Waals surface area contributed by atoms with Crippen molar-refractivity contribution in [1.82, 2.24) is 30.6 Å². The van der Waals surface area contributed by atoms with Gasteiger partial charge in [-0.05, 0) is 29.6 Å². The van der Waals surface area contributed by atoms with Crippen molar-refractivity contribution in [2.75, 3.05) is 25.5 Å². The summed E-state index contributed by atoms with van der Waals surface area (Å²) in [5.74, 6) is 0.764. The Kier molecular flexibility index (Phi) is 2.50. The van der Waals surface area contributed by atoms with Crippen LogP contribution >= 0.6 is 0 Å². The van der Waals surface area contributed by atoms with E-state index in [1.54, 1.807) is 0 Å². The van der Waals surface area contributed by atoms with Crippen LogP contribution in [0.25, 0.3) is 5.65 Å². The number of anilines is 1. The van der Waals surface area contributed by atoms with Gasteiger partial charge < -0.3 is 10.6 Å². The highest BCUT2D eigenvalue weighted by atomic mass is 15.6. The molecule has 0 fully saturated rings. The average molecular weight is 193 g/mol. The molecular formula is C7H11N7. The monoisotopic (exact) mass is 193 g/mol. The molecule has 2 aromatic heterocycles. The molecule has 0 aromatic carbocycles. The first-order valence-corrected chi connectivity index (χ1v) is 4.34. The molecule has 0 aliphatic heterocycles. The number of nitrogens with one attached hydrogen (secondary N) is 2. The summed E-state index contributed by atoms with van der Waals surface area (Å²) in [6.07, 6.45) is 0. The van der Waals surface area contributed by atoms with Crippen LogP contribution in [0.1, 0.15) is 0 Å². The quantitative estimate of drug-likeness (QED) is 0.616. The number of aromatic nitrogens is 5. The molecule has 0 aliphatic rings. The molecule has 2 rings (SSSR count). The van der Waals surface area contributed by atoms with Crippen LogP contribution in [0.5, 0.6) is 0 Å². The van der Waals surface area contributed by atoms with Crippen LogP contribution in [0.15, 0.2) is 12.1 Å². The molecule has 0 atom stereocenters. The number of tetrazole rings is 1. The molecule has 7 nitrogen and oxygen atoms in total. The van der Waals surface area contributed by atoms with Crippen LogP contribution < -0.4 is 10.6 Å². The maximum absolute atomic E-state index is 4.15. The molecule has 74 valence electrons. The molecule has 0 bridgehead atoms. The minimum atomic E-state index is 0.643. The fourth-order valence-corrected chi connectivity index (χ4v) is 1.06. The summed E-state index contributed by atoms with van der Waals surface area (Å²) in [6.45, 7) is 1.70. The molecule has 0 radical (unpaired) electrons. The van der Waals surface area contributed by atoms with Gasteiger partial charge in [-0.2, -0.15) is 0 Å². The molecule has 14 heavy (non-hydrogen) atoms. The van der Waals surface area contributed by atoms with Crippen molar-refractivity contribution in [2.24, 2.45) is 0 Å². The van der Waals surface area contributed by atoms with Crippen molar-refractivity contribution in [1.29, 1.82) is 0 Å². The Labute approximate surface area is 80.5 Å². The highest BCUT2D eigenvalue weighted by Gasteiger charge is 1.98. The Morgan fingerprint density at radius 2 is 2.29 bits per heavy atom. The van der Waals surface area contributed by atoms with Crippen LogP contribution in [0, 0.1) is 0 Å². The van der Waals surface area contributed by atoms with E-state index < -0.39 is 0 Å². The summed E-state index contributed by atoms with van der Waals surface area (Å²) in [5.41, 5.74) is 0.643. The number of nitrogens with zero attached hydrogens (tertiary/aromatic N) is 5. The van der Waals surface area contributed by atoms with Crippen molar-refractivity contribution in [2.45, 2.75) is 0 Å². The van der Waals surface area contributed by atoms with Crippen LogP contribution in [0.3, 0.4) is 0 Å². The number of hydrogen-bond donors (Lipinski definition) is 2. The van der Waals surface area contributed by atoms with Crippen LogP contribution in [0.2, 0.25) is 0 Å². The Hall–Kier alpha value is -1.76. The molecule has 2 N–H and O–H groups in total. The zero-order chi connectivity index (χ0) is 9.80. The van der Waals surface area contributed by atoms with Gasteiger partial charge in [-0.15, -0.1) is 14.8 Å². The molecule has 2 heterocycles. The first-order valence-electron chi connectivity index (χ1n) is 4.34. The lowest BCUT2D eigenvalue weighted by Gasteiger charge is -2.03. The zero-order valence-electron chi connectivity index (χ0n) is 7.80. The third-order valence-electron chi connectivity index (χ3n) is 1.75. The lowest BCUT2D eigenvalue weighted by atomic mass is 10.5. The molecule has 2 aromatic rings. The minimum Gasteiger partial charge on any atom is -0.367 e. The summed E-state index contributed by atoms with van der Waals surface area (Å²) in [7, 11) is 1.90. The van der Waals surface area contributed by atoms with E-state index in [0.717, 1.165) is 18.9 Å². The van der Waals surface area contributed by atoms with Crippen molar-refractivity contribution < 1.29 is 0 Å². The van der Waals surface area contributed by atoms with E-state index in [1.807, 2.05) is 19.2 Å². The van der Waals surface area contributed by atoms with Crippen molar-refractivity contribution >= 4 is 11.5 Å². The van der Waals surface area contributed by atoms with Gasteiger partial charge in [0.05, 0.1) is 0 Å². The van der Waals surface area contributed by atoms with E-state index in [0.29, 0.717) is 5.65 Å². The zero-order valence-corrected chi connectivity index (χ0v) is 7.80. The van der Waals surface area contributed by atoms with Gasteiger partial charge in [0, 0.05) is 13.1 Å². The van der Waals surface area contributed by atoms with E-state index in [-0.39, 0.29) is 0 Å². The maximum atomic E-state index is 4.15. The Balaban J connectivity index is 2.10. The predicted octanol–water partition coefficient (Wildman–Crippen LogP) is -0.849. The lowest BCUT2D eigenvalue weighted by Crippen LogP contribution is -2.18. The van der Waals surface area contributed by atoms with Crippen LogP contribution in [-0.2, 0) is 0 Å². The summed E-state index contributed by atoms with van der Waals surface area (Å²) >= 11 is 0. The second-order valence-electron chi connectivity index (χ2n) is 2.78. The average Bonchev–Trinajstić information content (AvgIpc) is 2.65. The van der Waals surface area contributed by atoms with Gasteiger partial charge in [-0.3, -0.25) is 0 Å². The Morgan fingerprint density at radius 1 is 1.36 bits per heavy atom. The largest absolute Gasteiger partial charge is 0.367 e. The minimum absolute atomic E-state index is 0.643. The third-order valence-corrected chi connectivity index (χ3v) is 1.75. The van der Waals surface area contributed by atoms with Gasteiger partial charge in [0.2, 0.25) is 0 Å². The molecule has 0 aliphatic carbocycles. The second-order valence-corrected chi connectivity index (χ2v) is 2.78. The van der Waals surface area contributed by atoms with Gasteiger partial charge in [0.15, 0.2) is 5.65 Å². The first-order chi connectivity index (χ1) is 6.90. The second kappa shape index (κ2) is 3.97.